The molecule has 0 bridgehead atoms. The molecule has 0 unspecified atom stereocenters. The Bertz CT molecular complexity index is 538. The Labute approximate surface area is 98.6 Å². The van der Waals surface area contributed by atoms with Crippen LogP contribution >= 0.6 is 0 Å². The van der Waals surface area contributed by atoms with E-state index in [0.717, 1.165) is 0 Å². The number of hydrogen-bond donors (Lipinski definition) is 0. The van der Waals surface area contributed by atoms with Gasteiger partial charge in [-0.05, 0) is 0 Å². The van der Waals surface area contributed by atoms with Crippen LogP contribution in [0.25, 0.3) is 0 Å². The molecule has 1 heterocycles. The number of rotatable bonds is 4. The molecule has 1 aromatic heterocycles. The van der Waals surface area contributed by atoms with Crippen molar-refractivity contribution < 1.29 is 14.2 Å². The number of carbonyl (C=O) groups is 2. The Morgan fingerprint density at radius 2 is 2.06 bits per heavy atom. The molecule has 2 rings (SSSR count). The van der Waals surface area contributed by atoms with E-state index in [0.29, 0.717) is 17.5 Å². The summed E-state index contributed by atoms with van der Waals surface area (Å²) in [4.78, 5) is 26.3. The molecule has 0 aliphatic rings. The van der Waals surface area contributed by atoms with Gasteiger partial charge in [-0.15, -0.1) is 0 Å². The van der Waals surface area contributed by atoms with Gasteiger partial charge in [0.1, 0.15) is 0 Å². The van der Waals surface area contributed by atoms with E-state index in [1.807, 2.05) is 18.2 Å². The summed E-state index contributed by atoms with van der Waals surface area (Å²) in [6.07, 6.45) is 5.37. The average molecular weight is 227 g/mol. The highest BCUT2D eigenvalue weighted by Gasteiger charge is 2.12. The lowest BCUT2D eigenvalue weighted by molar-refractivity contribution is -0.683. The summed E-state index contributed by atoms with van der Waals surface area (Å²) in [7, 11) is 0. The molecular formula is C13H11N2O2+. The molecule has 0 aliphatic heterocycles. The molecule has 4 heteroatoms. The third kappa shape index (κ3) is 2.81. The van der Waals surface area contributed by atoms with Gasteiger partial charge in [0.15, 0.2) is 24.4 Å². The fourth-order valence-electron chi connectivity index (χ4n) is 1.49. The van der Waals surface area contributed by atoms with Crippen LogP contribution in [0, 0.1) is 0 Å². The summed E-state index contributed by atoms with van der Waals surface area (Å²) < 4.78 is 1.64. The van der Waals surface area contributed by atoms with Crippen LogP contribution in [0.15, 0.2) is 48.9 Å². The van der Waals surface area contributed by atoms with E-state index in [-0.39, 0.29) is 12.3 Å². The fraction of sp³-hybridized carbons (Fsp3) is 0.0769. The van der Waals surface area contributed by atoms with Gasteiger partial charge in [-0.2, -0.15) is 4.57 Å². The monoisotopic (exact) mass is 227 g/mol. The van der Waals surface area contributed by atoms with Crippen molar-refractivity contribution in [3.8, 4) is 0 Å². The Balaban J connectivity index is 2.16. The van der Waals surface area contributed by atoms with E-state index in [2.05, 4.69) is 4.98 Å². The molecule has 84 valence electrons. The normalized spacial score (nSPS) is 9.88. The zero-order valence-electron chi connectivity index (χ0n) is 9.11. The number of carbonyl (C=O) groups excluding carboxylic acids is 2. The van der Waals surface area contributed by atoms with Gasteiger partial charge in [0.25, 0.3) is 0 Å². The van der Waals surface area contributed by atoms with Gasteiger partial charge in [-0.1, -0.05) is 30.3 Å². The molecule has 0 N–H and O–H groups in total. The van der Waals surface area contributed by atoms with Crippen LogP contribution in [0.4, 0.5) is 0 Å². The number of aromatic nitrogens is 2. The lowest BCUT2D eigenvalue weighted by atomic mass is 10.1. The van der Waals surface area contributed by atoms with Crippen LogP contribution in [-0.4, -0.2) is 17.1 Å². The standard InChI is InChI=1S/C13H11N2O2/c16-10-12-8-15(7-6-14-12)9-13(17)11-4-2-1-3-5-11/h1-8,10H,9H2/q+1. The van der Waals surface area contributed by atoms with Crippen LogP contribution in [-0.2, 0) is 6.54 Å². The quantitative estimate of drug-likeness (QED) is 0.446. The van der Waals surface area contributed by atoms with Crippen molar-refractivity contribution in [2.75, 3.05) is 0 Å². The van der Waals surface area contributed by atoms with E-state index in [9.17, 15) is 9.59 Å². The number of nitrogens with zero attached hydrogens (tertiary/aromatic N) is 2. The SMILES string of the molecule is O=Cc1c[n+](CC(=O)c2ccccc2)ccn1. The van der Waals surface area contributed by atoms with Crippen molar-refractivity contribution in [2.45, 2.75) is 6.54 Å². The molecule has 0 saturated heterocycles. The van der Waals surface area contributed by atoms with Crippen LogP contribution in [0.5, 0.6) is 0 Å². The van der Waals surface area contributed by atoms with Crippen LogP contribution in [0.2, 0.25) is 0 Å². The highest BCUT2D eigenvalue weighted by Crippen LogP contribution is 1.99. The molecule has 0 amide bonds. The summed E-state index contributed by atoms with van der Waals surface area (Å²) in [6.45, 7) is 0.202. The topological polar surface area (TPSA) is 50.9 Å². The third-order valence-electron chi connectivity index (χ3n) is 2.32. The highest BCUT2D eigenvalue weighted by molar-refractivity contribution is 5.94. The predicted octanol–water partition coefficient (Wildman–Crippen LogP) is 1.06. The molecule has 4 nitrogen and oxygen atoms in total. The van der Waals surface area contributed by atoms with Crippen molar-refractivity contribution in [3.05, 3.63) is 60.2 Å². The largest absolute Gasteiger partial charge is 0.296 e. The minimum absolute atomic E-state index is 0.00125. The minimum atomic E-state index is -0.00125. The van der Waals surface area contributed by atoms with Crippen molar-refractivity contribution in [1.29, 1.82) is 0 Å². The maximum Gasteiger partial charge on any atom is 0.227 e. The number of aldehydes is 1. The fourth-order valence-corrected chi connectivity index (χ4v) is 1.49. The maximum absolute atomic E-state index is 11.9. The Kier molecular flexibility index (Phi) is 3.35. The molecule has 0 aliphatic carbocycles. The lowest BCUT2D eigenvalue weighted by Gasteiger charge is -1.97. The van der Waals surface area contributed by atoms with Crippen LogP contribution < -0.4 is 4.57 Å². The van der Waals surface area contributed by atoms with E-state index < -0.39 is 0 Å². The van der Waals surface area contributed by atoms with Crippen molar-refractivity contribution >= 4 is 12.1 Å². The molecule has 0 saturated carbocycles. The average Bonchev–Trinajstić information content (AvgIpc) is 2.40. The predicted molar refractivity (Wildman–Crippen MR) is 60.6 cm³/mol. The lowest BCUT2D eigenvalue weighted by Crippen LogP contribution is -2.38. The summed E-state index contributed by atoms with van der Waals surface area (Å²) in [5.74, 6) is -0.00125. The highest BCUT2D eigenvalue weighted by atomic mass is 16.1. The van der Waals surface area contributed by atoms with Crippen molar-refractivity contribution in [2.24, 2.45) is 0 Å². The molecule has 0 radical (unpaired) electrons. The van der Waals surface area contributed by atoms with Crippen LogP contribution in [0.1, 0.15) is 20.8 Å². The summed E-state index contributed by atoms with van der Waals surface area (Å²) >= 11 is 0. The van der Waals surface area contributed by atoms with Gasteiger partial charge in [-0.3, -0.25) is 9.59 Å². The first-order chi connectivity index (χ1) is 8.29. The van der Waals surface area contributed by atoms with Gasteiger partial charge in [-0.25, -0.2) is 4.98 Å². The summed E-state index contributed by atoms with van der Waals surface area (Å²) in [5, 5.41) is 0. The second-order valence-corrected chi connectivity index (χ2v) is 3.56. The second-order valence-electron chi connectivity index (χ2n) is 3.56. The third-order valence-corrected chi connectivity index (χ3v) is 2.32. The van der Waals surface area contributed by atoms with Gasteiger partial charge in [0, 0.05) is 5.56 Å². The maximum atomic E-state index is 11.9. The van der Waals surface area contributed by atoms with E-state index in [1.165, 1.54) is 6.20 Å². The molecule has 0 fully saturated rings. The van der Waals surface area contributed by atoms with Gasteiger partial charge >= 0.3 is 0 Å². The number of benzene rings is 1. The first kappa shape index (κ1) is 11.1. The zero-order chi connectivity index (χ0) is 12.1. The second kappa shape index (κ2) is 5.12. The van der Waals surface area contributed by atoms with E-state index in [1.54, 1.807) is 29.1 Å². The Morgan fingerprint density at radius 3 is 2.76 bits per heavy atom. The number of Topliss-reactive ketones (excluding diaryl/α,β-unsaturated/α-hetero) is 1. The Morgan fingerprint density at radius 1 is 1.29 bits per heavy atom. The van der Waals surface area contributed by atoms with Crippen molar-refractivity contribution in [3.63, 3.8) is 0 Å². The van der Waals surface area contributed by atoms with Crippen molar-refractivity contribution in [1.82, 2.24) is 4.98 Å². The Hall–Kier alpha value is -2.36. The molecule has 2 aromatic rings. The van der Waals surface area contributed by atoms with Crippen LogP contribution in [0.3, 0.4) is 0 Å². The van der Waals surface area contributed by atoms with E-state index >= 15 is 0 Å². The molecular weight excluding hydrogens is 216 g/mol. The number of ketones is 1. The summed E-state index contributed by atoms with van der Waals surface area (Å²) in [6, 6.07) is 9.04. The molecule has 17 heavy (non-hydrogen) atoms. The van der Waals surface area contributed by atoms with E-state index in [4.69, 9.17) is 0 Å². The molecule has 0 atom stereocenters. The first-order valence-electron chi connectivity index (χ1n) is 5.18. The zero-order valence-corrected chi connectivity index (χ0v) is 9.11. The first-order valence-corrected chi connectivity index (χ1v) is 5.18. The minimum Gasteiger partial charge on any atom is -0.296 e. The van der Waals surface area contributed by atoms with Gasteiger partial charge in [0.05, 0.1) is 6.20 Å². The smallest absolute Gasteiger partial charge is 0.227 e. The summed E-state index contributed by atoms with van der Waals surface area (Å²) in [5.41, 5.74) is 0.970. The van der Waals surface area contributed by atoms with Gasteiger partial charge in [0.2, 0.25) is 12.3 Å². The molecule has 1 aromatic carbocycles. The molecule has 0 spiro atoms. The van der Waals surface area contributed by atoms with Gasteiger partial charge < -0.3 is 0 Å². The number of hydrogen-bond acceptors (Lipinski definition) is 3.